The summed E-state index contributed by atoms with van der Waals surface area (Å²) in [4.78, 5) is 11.0. The highest BCUT2D eigenvalue weighted by Gasteiger charge is 2.28. The van der Waals surface area contributed by atoms with Crippen molar-refractivity contribution in [3.63, 3.8) is 0 Å². The molecule has 0 saturated carbocycles. The van der Waals surface area contributed by atoms with Gasteiger partial charge in [-0.15, -0.1) is 11.6 Å². The average molecular weight is 323 g/mol. The first-order valence-electron chi connectivity index (χ1n) is 5.93. The maximum atomic E-state index is 12.8. The molecule has 1 aromatic rings. The lowest BCUT2D eigenvalue weighted by atomic mass is 10.1. The quantitative estimate of drug-likeness (QED) is 0.572. The van der Waals surface area contributed by atoms with E-state index < -0.39 is 26.5 Å². The fourth-order valence-corrected chi connectivity index (χ4v) is 3.47. The zero-order chi connectivity index (χ0) is 15.3. The number of ether oxygens (including phenoxy) is 1. The van der Waals surface area contributed by atoms with Crippen LogP contribution >= 0.6 is 11.6 Å². The lowest BCUT2D eigenvalue weighted by molar-refractivity contribution is -0.119. The van der Waals surface area contributed by atoms with Gasteiger partial charge in [0.25, 0.3) is 0 Å². The Morgan fingerprint density at radius 1 is 1.35 bits per heavy atom. The van der Waals surface area contributed by atoms with Gasteiger partial charge >= 0.3 is 0 Å². The molecule has 112 valence electrons. The number of alkyl halides is 1. The van der Waals surface area contributed by atoms with Gasteiger partial charge in [0.15, 0.2) is 9.84 Å². The largest absolute Gasteiger partial charge is 0.381 e. The van der Waals surface area contributed by atoms with Crippen LogP contribution in [0.5, 0.6) is 0 Å². The molecule has 0 bridgehead atoms. The van der Waals surface area contributed by atoms with Crippen molar-refractivity contribution in [1.82, 2.24) is 0 Å². The summed E-state index contributed by atoms with van der Waals surface area (Å²) in [5.41, 5.74) is 0. The fraction of sp³-hybridized carbons (Fsp3) is 0.462. The Morgan fingerprint density at radius 2 is 1.90 bits per heavy atom. The van der Waals surface area contributed by atoms with Gasteiger partial charge in [0.1, 0.15) is 16.3 Å². The van der Waals surface area contributed by atoms with Crippen LogP contribution in [0.25, 0.3) is 0 Å². The maximum Gasteiger partial charge on any atom is 0.195 e. The summed E-state index contributed by atoms with van der Waals surface area (Å²) in [7, 11) is -2.40. The Bertz CT molecular complexity index is 556. The van der Waals surface area contributed by atoms with Crippen molar-refractivity contribution >= 4 is 27.2 Å². The topological polar surface area (TPSA) is 60.4 Å². The number of ketones is 1. The molecule has 0 amide bonds. The molecule has 0 radical (unpaired) electrons. The molecule has 1 rings (SSSR count). The van der Waals surface area contributed by atoms with E-state index >= 15 is 0 Å². The summed E-state index contributed by atoms with van der Waals surface area (Å²) in [6, 6.07) is 4.43. The molecule has 20 heavy (non-hydrogen) atoms. The third-order valence-corrected chi connectivity index (χ3v) is 5.45. The van der Waals surface area contributed by atoms with Crippen LogP contribution in [0.2, 0.25) is 0 Å². The number of halogens is 2. The van der Waals surface area contributed by atoms with E-state index in [1.54, 1.807) is 0 Å². The highest BCUT2D eigenvalue weighted by atomic mass is 35.5. The standard InChI is InChI=1S/C13H16ClFO4S/c1-9(16)7-11(19-2)8-13(14)20(17,18)12-5-3-10(15)4-6-12/h3-6,11,13H,7-8H2,1-2H3. The van der Waals surface area contributed by atoms with E-state index in [0.717, 1.165) is 24.3 Å². The Kier molecular flexibility index (Phi) is 6.10. The molecule has 0 fully saturated rings. The van der Waals surface area contributed by atoms with Crippen molar-refractivity contribution < 1.29 is 22.3 Å². The smallest absolute Gasteiger partial charge is 0.195 e. The second kappa shape index (κ2) is 7.15. The molecule has 1 aromatic carbocycles. The predicted octanol–water partition coefficient (Wildman–Crippen LogP) is 2.55. The molecule has 0 aliphatic carbocycles. The highest BCUT2D eigenvalue weighted by molar-refractivity contribution is 7.93. The lowest BCUT2D eigenvalue weighted by Crippen LogP contribution is -2.25. The normalized spacial score (nSPS) is 14.8. The molecule has 0 aliphatic rings. The number of carbonyl (C=O) groups is 1. The van der Waals surface area contributed by atoms with Crippen LogP contribution in [0, 0.1) is 5.82 Å². The molecule has 0 N–H and O–H groups in total. The SMILES string of the molecule is COC(CC(C)=O)CC(Cl)S(=O)(=O)c1ccc(F)cc1. The van der Waals surface area contributed by atoms with Crippen LogP contribution in [-0.4, -0.2) is 32.1 Å². The number of methoxy groups -OCH3 is 1. The molecule has 0 heterocycles. The van der Waals surface area contributed by atoms with Gasteiger partial charge in [-0.2, -0.15) is 0 Å². The molecule has 7 heteroatoms. The van der Waals surface area contributed by atoms with Gasteiger partial charge < -0.3 is 4.74 Å². The number of hydrogen-bond acceptors (Lipinski definition) is 4. The number of carbonyl (C=O) groups excluding carboxylic acids is 1. The molecular formula is C13H16ClFO4S. The zero-order valence-corrected chi connectivity index (χ0v) is 12.7. The van der Waals surface area contributed by atoms with Crippen LogP contribution in [0.1, 0.15) is 19.8 Å². The Morgan fingerprint density at radius 3 is 2.35 bits per heavy atom. The van der Waals surface area contributed by atoms with E-state index in [4.69, 9.17) is 16.3 Å². The van der Waals surface area contributed by atoms with Crippen molar-refractivity contribution in [1.29, 1.82) is 0 Å². The van der Waals surface area contributed by atoms with E-state index in [0.29, 0.717) is 0 Å². The molecular weight excluding hydrogens is 307 g/mol. The summed E-state index contributed by atoms with van der Waals surface area (Å²) in [5, 5.41) is 0. The fourth-order valence-electron chi connectivity index (χ4n) is 1.69. The Balaban J connectivity index is 2.86. The van der Waals surface area contributed by atoms with Gasteiger partial charge in [0, 0.05) is 20.0 Å². The first kappa shape index (κ1) is 17.1. The third-order valence-electron chi connectivity index (χ3n) is 2.78. The van der Waals surface area contributed by atoms with E-state index in [-0.39, 0.29) is 23.5 Å². The molecule has 2 unspecified atom stereocenters. The van der Waals surface area contributed by atoms with Gasteiger partial charge in [-0.1, -0.05) is 0 Å². The van der Waals surface area contributed by atoms with Gasteiger partial charge in [-0.05, 0) is 31.2 Å². The number of hydrogen-bond donors (Lipinski definition) is 0. The van der Waals surface area contributed by atoms with E-state index in [1.807, 2.05) is 0 Å². The summed E-state index contributed by atoms with van der Waals surface area (Å²) < 4.78 is 41.0. The summed E-state index contributed by atoms with van der Waals surface area (Å²) in [6.45, 7) is 1.39. The number of rotatable bonds is 7. The van der Waals surface area contributed by atoms with Crippen molar-refractivity contribution in [2.45, 2.75) is 35.5 Å². The predicted molar refractivity (Wildman–Crippen MR) is 73.9 cm³/mol. The average Bonchev–Trinajstić information content (AvgIpc) is 2.37. The minimum Gasteiger partial charge on any atom is -0.381 e. The summed E-state index contributed by atoms with van der Waals surface area (Å²) in [5.74, 6) is -0.638. The molecule has 4 nitrogen and oxygen atoms in total. The Hall–Kier alpha value is -0.980. The first-order valence-corrected chi connectivity index (χ1v) is 7.91. The van der Waals surface area contributed by atoms with Crippen LogP contribution in [0.3, 0.4) is 0 Å². The Labute approximate surface area is 122 Å². The van der Waals surface area contributed by atoms with Crippen LogP contribution in [0.4, 0.5) is 4.39 Å². The van der Waals surface area contributed by atoms with Crippen LogP contribution in [-0.2, 0) is 19.4 Å². The molecule has 0 saturated heterocycles. The molecule has 0 aromatic heterocycles. The minimum atomic E-state index is -3.79. The zero-order valence-electron chi connectivity index (χ0n) is 11.2. The van der Waals surface area contributed by atoms with Crippen molar-refractivity contribution in [3.05, 3.63) is 30.1 Å². The van der Waals surface area contributed by atoms with Crippen LogP contribution in [0.15, 0.2) is 29.2 Å². The number of Topliss-reactive ketones (excluding diaryl/α,β-unsaturated/α-hetero) is 1. The molecule has 2 atom stereocenters. The van der Waals surface area contributed by atoms with Crippen molar-refractivity contribution in [2.75, 3.05) is 7.11 Å². The van der Waals surface area contributed by atoms with Gasteiger partial charge in [0.2, 0.25) is 0 Å². The van der Waals surface area contributed by atoms with Gasteiger partial charge in [0.05, 0.1) is 11.0 Å². The second-order valence-corrected chi connectivity index (χ2v) is 7.32. The summed E-state index contributed by atoms with van der Waals surface area (Å²) in [6.07, 6.45) is -0.485. The van der Waals surface area contributed by atoms with E-state index in [2.05, 4.69) is 0 Å². The molecule has 0 aliphatic heterocycles. The number of sulfone groups is 1. The first-order chi connectivity index (χ1) is 9.27. The van der Waals surface area contributed by atoms with Crippen LogP contribution < -0.4 is 0 Å². The molecule has 0 spiro atoms. The lowest BCUT2D eigenvalue weighted by Gasteiger charge is -2.17. The van der Waals surface area contributed by atoms with E-state index in [1.165, 1.54) is 14.0 Å². The minimum absolute atomic E-state index is 0.0165. The number of benzene rings is 1. The van der Waals surface area contributed by atoms with Crippen molar-refractivity contribution in [2.24, 2.45) is 0 Å². The monoisotopic (exact) mass is 322 g/mol. The summed E-state index contributed by atoms with van der Waals surface area (Å²) >= 11 is 5.93. The third kappa shape index (κ3) is 4.54. The highest BCUT2D eigenvalue weighted by Crippen LogP contribution is 2.24. The second-order valence-electron chi connectivity index (χ2n) is 4.41. The van der Waals surface area contributed by atoms with Gasteiger partial charge in [-0.3, -0.25) is 4.79 Å². The van der Waals surface area contributed by atoms with Crippen molar-refractivity contribution in [3.8, 4) is 0 Å². The van der Waals surface area contributed by atoms with E-state index in [9.17, 15) is 17.6 Å². The maximum absolute atomic E-state index is 12.8. The van der Waals surface area contributed by atoms with Gasteiger partial charge in [-0.25, -0.2) is 12.8 Å².